The highest BCUT2D eigenvalue weighted by atomic mass is 79.9. The van der Waals surface area contributed by atoms with Crippen LogP contribution in [0.5, 0.6) is 5.75 Å². The molecule has 5 heteroatoms. The van der Waals surface area contributed by atoms with Gasteiger partial charge < -0.3 is 4.74 Å². The standard InChI is InChI=1S/C15H18Br2N2O/c1-4-13-7-14(19(3)18-13)9-20-15-10(2)5-12(17)6-11(15)8-16/h5-7H,4,8-9H2,1-3H3. The van der Waals surface area contributed by atoms with E-state index in [-0.39, 0.29) is 0 Å². The number of rotatable bonds is 5. The minimum absolute atomic E-state index is 0.534. The summed E-state index contributed by atoms with van der Waals surface area (Å²) in [6.45, 7) is 4.70. The molecular weight excluding hydrogens is 384 g/mol. The van der Waals surface area contributed by atoms with Gasteiger partial charge in [-0.25, -0.2) is 0 Å². The van der Waals surface area contributed by atoms with Crippen LogP contribution < -0.4 is 4.74 Å². The fourth-order valence-electron chi connectivity index (χ4n) is 2.13. The number of aryl methyl sites for hydroxylation is 3. The second-order valence-corrected chi connectivity index (χ2v) is 6.21. The van der Waals surface area contributed by atoms with Crippen molar-refractivity contribution >= 4 is 31.9 Å². The molecule has 108 valence electrons. The molecule has 0 N–H and O–H groups in total. The molecule has 0 bridgehead atoms. The minimum atomic E-state index is 0.534. The first kappa shape index (κ1) is 15.6. The molecule has 2 rings (SSSR count). The van der Waals surface area contributed by atoms with Gasteiger partial charge in [-0.1, -0.05) is 38.8 Å². The Morgan fingerprint density at radius 3 is 2.65 bits per heavy atom. The number of ether oxygens (including phenoxy) is 1. The fraction of sp³-hybridized carbons (Fsp3) is 0.400. The zero-order chi connectivity index (χ0) is 14.7. The Kier molecular flexibility index (Phi) is 5.27. The van der Waals surface area contributed by atoms with E-state index < -0.39 is 0 Å². The Bertz CT molecular complexity index is 608. The lowest BCUT2D eigenvalue weighted by Crippen LogP contribution is -2.05. The summed E-state index contributed by atoms with van der Waals surface area (Å²) in [5.41, 5.74) is 4.46. The van der Waals surface area contributed by atoms with Crippen LogP contribution in [0.25, 0.3) is 0 Å². The molecule has 0 aliphatic rings. The SMILES string of the molecule is CCc1cc(COc2c(C)cc(Br)cc2CBr)n(C)n1. The van der Waals surface area contributed by atoms with Crippen molar-refractivity contribution in [1.29, 1.82) is 0 Å². The number of nitrogens with zero attached hydrogens (tertiary/aromatic N) is 2. The smallest absolute Gasteiger partial charge is 0.130 e. The molecule has 0 amide bonds. The summed E-state index contributed by atoms with van der Waals surface area (Å²) in [6, 6.07) is 6.25. The topological polar surface area (TPSA) is 27.1 Å². The highest BCUT2D eigenvalue weighted by molar-refractivity contribution is 9.10. The van der Waals surface area contributed by atoms with Crippen molar-refractivity contribution in [3.63, 3.8) is 0 Å². The summed E-state index contributed by atoms with van der Waals surface area (Å²) in [5, 5.41) is 5.21. The number of aromatic nitrogens is 2. The average molecular weight is 402 g/mol. The van der Waals surface area contributed by atoms with Gasteiger partial charge in [0.25, 0.3) is 0 Å². The molecule has 0 radical (unpaired) electrons. The van der Waals surface area contributed by atoms with Crippen LogP contribution in [0.15, 0.2) is 22.7 Å². The van der Waals surface area contributed by atoms with E-state index in [1.807, 2.05) is 11.7 Å². The van der Waals surface area contributed by atoms with Crippen molar-refractivity contribution in [1.82, 2.24) is 9.78 Å². The number of benzene rings is 1. The van der Waals surface area contributed by atoms with E-state index in [1.165, 1.54) is 0 Å². The molecule has 20 heavy (non-hydrogen) atoms. The quantitative estimate of drug-likeness (QED) is 0.688. The maximum Gasteiger partial charge on any atom is 0.130 e. The van der Waals surface area contributed by atoms with Crippen LogP contribution in [0.1, 0.15) is 29.4 Å². The van der Waals surface area contributed by atoms with Gasteiger partial charge in [0.2, 0.25) is 0 Å². The van der Waals surface area contributed by atoms with E-state index >= 15 is 0 Å². The monoisotopic (exact) mass is 400 g/mol. The third-order valence-corrected chi connectivity index (χ3v) is 4.28. The second-order valence-electron chi connectivity index (χ2n) is 4.74. The molecule has 0 fully saturated rings. The number of alkyl halides is 1. The summed E-state index contributed by atoms with van der Waals surface area (Å²) < 4.78 is 8.99. The molecule has 1 aromatic carbocycles. The fourth-order valence-corrected chi connectivity index (χ4v) is 3.17. The summed E-state index contributed by atoms with van der Waals surface area (Å²) in [5.74, 6) is 0.948. The highest BCUT2D eigenvalue weighted by Gasteiger charge is 2.10. The zero-order valence-electron chi connectivity index (χ0n) is 11.9. The summed E-state index contributed by atoms with van der Waals surface area (Å²) in [4.78, 5) is 0. The maximum absolute atomic E-state index is 6.03. The normalized spacial score (nSPS) is 10.8. The van der Waals surface area contributed by atoms with Crippen molar-refractivity contribution in [3.05, 3.63) is 45.2 Å². The lowest BCUT2D eigenvalue weighted by atomic mass is 10.1. The number of hydrogen-bond acceptors (Lipinski definition) is 2. The van der Waals surface area contributed by atoms with Crippen LogP contribution in [-0.2, 0) is 25.4 Å². The molecule has 0 saturated carbocycles. The first-order chi connectivity index (χ1) is 9.55. The molecule has 0 aliphatic carbocycles. The second kappa shape index (κ2) is 6.76. The van der Waals surface area contributed by atoms with E-state index in [0.29, 0.717) is 6.61 Å². The van der Waals surface area contributed by atoms with Crippen molar-refractivity contribution in [2.75, 3.05) is 0 Å². The van der Waals surface area contributed by atoms with Crippen LogP contribution in [0.3, 0.4) is 0 Å². The number of hydrogen-bond donors (Lipinski definition) is 0. The molecule has 1 aromatic heterocycles. The van der Waals surface area contributed by atoms with Gasteiger partial charge >= 0.3 is 0 Å². The maximum atomic E-state index is 6.03. The Morgan fingerprint density at radius 2 is 2.05 bits per heavy atom. The Labute approximate surface area is 136 Å². The molecule has 0 spiro atoms. The lowest BCUT2D eigenvalue weighted by molar-refractivity contribution is 0.290. The Hall–Kier alpha value is -0.810. The molecule has 0 aliphatic heterocycles. The van der Waals surface area contributed by atoms with Crippen LogP contribution in [0.4, 0.5) is 0 Å². The van der Waals surface area contributed by atoms with E-state index in [2.05, 4.69) is 69.0 Å². The first-order valence-electron chi connectivity index (χ1n) is 6.54. The Morgan fingerprint density at radius 1 is 1.30 bits per heavy atom. The van der Waals surface area contributed by atoms with Gasteiger partial charge in [0, 0.05) is 22.4 Å². The molecule has 2 aromatic rings. The summed E-state index contributed by atoms with van der Waals surface area (Å²) in [7, 11) is 1.96. The molecule has 0 atom stereocenters. The van der Waals surface area contributed by atoms with Gasteiger partial charge in [0.15, 0.2) is 0 Å². The largest absolute Gasteiger partial charge is 0.487 e. The number of halogens is 2. The van der Waals surface area contributed by atoms with Crippen LogP contribution in [0, 0.1) is 6.92 Å². The van der Waals surface area contributed by atoms with Gasteiger partial charge in [-0.05, 0) is 37.1 Å². The van der Waals surface area contributed by atoms with E-state index in [4.69, 9.17) is 4.74 Å². The lowest BCUT2D eigenvalue weighted by Gasteiger charge is -2.13. The van der Waals surface area contributed by atoms with Gasteiger partial charge in [0.05, 0.1) is 11.4 Å². The van der Waals surface area contributed by atoms with E-state index in [1.54, 1.807) is 0 Å². The molecule has 0 saturated heterocycles. The van der Waals surface area contributed by atoms with Gasteiger partial charge in [0.1, 0.15) is 12.4 Å². The van der Waals surface area contributed by atoms with Gasteiger partial charge in [-0.15, -0.1) is 0 Å². The van der Waals surface area contributed by atoms with Crippen LogP contribution >= 0.6 is 31.9 Å². The highest BCUT2D eigenvalue weighted by Crippen LogP contribution is 2.30. The molecular formula is C15H18Br2N2O. The molecule has 3 nitrogen and oxygen atoms in total. The third kappa shape index (κ3) is 3.44. The van der Waals surface area contributed by atoms with Crippen molar-refractivity contribution in [2.45, 2.75) is 32.2 Å². The first-order valence-corrected chi connectivity index (χ1v) is 8.46. The van der Waals surface area contributed by atoms with Gasteiger partial charge in [-0.3, -0.25) is 4.68 Å². The van der Waals surface area contributed by atoms with Crippen molar-refractivity contribution in [3.8, 4) is 5.75 Å². The zero-order valence-corrected chi connectivity index (χ0v) is 15.1. The predicted molar refractivity (Wildman–Crippen MR) is 88.4 cm³/mol. The summed E-state index contributed by atoms with van der Waals surface area (Å²) >= 11 is 7.03. The molecule has 0 unspecified atom stereocenters. The van der Waals surface area contributed by atoms with E-state index in [9.17, 15) is 0 Å². The van der Waals surface area contributed by atoms with E-state index in [0.717, 1.165) is 44.5 Å². The average Bonchev–Trinajstić information content (AvgIpc) is 2.77. The van der Waals surface area contributed by atoms with Crippen LogP contribution in [0.2, 0.25) is 0 Å². The van der Waals surface area contributed by atoms with Crippen LogP contribution in [-0.4, -0.2) is 9.78 Å². The van der Waals surface area contributed by atoms with Crippen molar-refractivity contribution < 1.29 is 4.74 Å². The van der Waals surface area contributed by atoms with Gasteiger partial charge in [-0.2, -0.15) is 5.10 Å². The van der Waals surface area contributed by atoms with Crippen molar-refractivity contribution in [2.24, 2.45) is 7.05 Å². The summed E-state index contributed by atoms with van der Waals surface area (Å²) in [6.07, 6.45) is 0.942. The Balaban J connectivity index is 2.20. The third-order valence-electron chi connectivity index (χ3n) is 3.21. The molecule has 1 heterocycles. The minimum Gasteiger partial charge on any atom is -0.487 e. The predicted octanol–water partition coefficient (Wildman–Crippen LogP) is 4.53.